The van der Waals surface area contributed by atoms with E-state index in [1.165, 1.54) is 25.5 Å². The zero-order chi connectivity index (χ0) is 11.4. The van der Waals surface area contributed by atoms with Gasteiger partial charge in [-0.2, -0.15) is 0 Å². The Bertz CT molecular complexity index is 340. The topological polar surface area (TPSA) is 24.9 Å². The molecule has 0 spiro atoms. The van der Waals surface area contributed by atoms with E-state index in [2.05, 4.69) is 10.3 Å². The van der Waals surface area contributed by atoms with Gasteiger partial charge in [0, 0.05) is 18.2 Å². The van der Waals surface area contributed by atoms with Crippen LogP contribution in [-0.4, -0.2) is 18.1 Å². The summed E-state index contributed by atoms with van der Waals surface area (Å²) in [5.41, 5.74) is 0.830. The van der Waals surface area contributed by atoms with Crippen LogP contribution in [0.15, 0.2) is 18.5 Å². The SMILES string of the molecule is CNC1CCCCCC1c1ccncc1F. The van der Waals surface area contributed by atoms with Gasteiger partial charge in [-0.25, -0.2) is 4.39 Å². The molecule has 16 heavy (non-hydrogen) atoms. The molecule has 3 heteroatoms. The maximum absolute atomic E-state index is 13.7. The molecule has 88 valence electrons. The molecule has 1 aromatic rings. The smallest absolute Gasteiger partial charge is 0.145 e. The highest BCUT2D eigenvalue weighted by molar-refractivity contribution is 5.20. The van der Waals surface area contributed by atoms with Gasteiger partial charge in [-0.15, -0.1) is 0 Å². The van der Waals surface area contributed by atoms with Crippen LogP contribution in [-0.2, 0) is 0 Å². The lowest BCUT2D eigenvalue weighted by molar-refractivity contribution is 0.424. The highest BCUT2D eigenvalue weighted by Gasteiger charge is 2.25. The second-order valence-corrected chi connectivity index (χ2v) is 4.54. The van der Waals surface area contributed by atoms with Crippen molar-refractivity contribution in [2.24, 2.45) is 0 Å². The minimum Gasteiger partial charge on any atom is -0.316 e. The lowest BCUT2D eigenvalue weighted by Crippen LogP contribution is -2.31. The highest BCUT2D eigenvalue weighted by atomic mass is 19.1. The first-order chi connectivity index (χ1) is 7.83. The number of pyridine rings is 1. The number of hydrogen-bond acceptors (Lipinski definition) is 2. The van der Waals surface area contributed by atoms with Crippen LogP contribution in [0.25, 0.3) is 0 Å². The van der Waals surface area contributed by atoms with Crippen molar-refractivity contribution < 1.29 is 4.39 Å². The number of likely N-dealkylation sites (N-methyl/N-ethyl adjacent to an activating group) is 1. The summed E-state index contributed by atoms with van der Waals surface area (Å²) < 4.78 is 13.7. The summed E-state index contributed by atoms with van der Waals surface area (Å²) in [4.78, 5) is 3.82. The lowest BCUT2D eigenvalue weighted by Gasteiger charge is -2.25. The van der Waals surface area contributed by atoms with Gasteiger partial charge in [-0.3, -0.25) is 4.98 Å². The quantitative estimate of drug-likeness (QED) is 0.778. The first-order valence-electron chi connectivity index (χ1n) is 6.09. The molecule has 2 unspecified atom stereocenters. The van der Waals surface area contributed by atoms with Crippen molar-refractivity contribution in [3.8, 4) is 0 Å². The predicted octanol–water partition coefficient (Wildman–Crippen LogP) is 2.86. The molecule has 0 aliphatic heterocycles. The molecule has 1 N–H and O–H groups in total. The third-order valence-corrected chi connectivity index (χ3v) is 3.59. The normalized spacial score (nSPS) is 26.4. The van der Waals surface area contributed by atoms with E-state index in [0.29, 0.717) is 12.0 Å². The molecular weight excluding hydrogens is 203 g/mol. The second kappa shape index (κ2) is 5.39. The molecule has 0 aromatic carbocycles. The first kappa shape index (κ1) is 11.5. The fourth-order valence-electron chi connectivity index (χ4n) is 2.71. The zero-order valence-corrected chi connectivity index (χ0v) is 9.75. The average Bonchev–Trinajstić information content (AvgIpc) is 2.54. The Hall–Kier alpha value is -0.960. The molecule has 2 nitrogen and oxygen atoms in total. The Morgan fingerprint density at radius 1 is 1.31 bits per heavy atom. The van der Waals surface area contributed by atoms with E-state index in [0.717, 1.165) is 18.4 Å². The molecule has 0 bridgehead atoms. The van der Waals surface area contributed by atoms with Crippen molar-refractivity contribution >= 4 is 0 Å². The third-order valence-electron chi connectivity index (χ3n) is 3.59. The maximum atomic E-state index is 13.7. The van der Waals surface area contributed by atoms with Gasteiger partial charge in [0.15, 0.2) is 0 Å². The Kier molecular flexibility index (Phi) is 3.88. The molecule has 1 heterocycles. The standard InChI is InChI=1S/C13H19FN2/c1-15-13-6-4-2-3-5-11(13)10-7-8-16-9-12(10)14/h7-9,11,13,15H,2-6H2,1H3. The van der Waals surface area contributed by atoms with Crippen LogP contribution < -0.4 is 5.32 Å². The van der Waals surface area contributed by atoms with Gasteiger partial charge in [-0.05, 0) is 31.5 Å². The van der Waals surface area contributed by atoms with Crippen LogP contribution in [0.1, 0.15) is 43.6 Å². The van der Waals surface area contributed by atoms with Crippen LogP contribution >= 0.6 is 0 Å². The van der Waals surface area contributed by atoms with Gasteiger partial charge >= 0.3 is 0 Å². The van der Waals surface area contributed by atoms with Crippen molar-refractivity contribution in [2.45, 2.75) is 44.1 Å². The molecule has 0 radical (unpaired) electrons. The van der Waals surface area contributed by atoms with Crippen molar-refractivity contribution in [1.82, 2.24) is 10.3 Å². The van der Waals surface area contributed by atoms with Gasteiger partial charge in [0.2, 0.25) is 0 Å². The van der Waals surface area contributed by atoms with Crippen LogP contribution in [0, 0.1) is 5.82 Å². The maximum Gasteiger partial charge on any atom is 0.145 e. The van der Waals surface area contributed by atoms with E-state index in [-0.39, 0.29) is 5.82 Å². The predicted molar refractivity (Wildman–Crippen MR) is 62.9 cm³/mol. The molecule has 0 saturated heterocycles. The minimum atomic E-state index is -0.158. The van der Waals surface area contributed by atoms with Crippen LogP contribution in [0.4, 0.5) is 4.39 Å². The molecule has 1 aliphatic rings. The Balaban J connectivity index is 2.25. The summed E-state index contributed by atoms with van der Waals surface area (Å²) in [7, 11) is 1.97. The molecule has 1 aliphatic carbocycles. The highest BCUT2D eigenvalue weighted by Crippen LogP contribution is 2.32. The van der Waals surface area contributed by atoms with E-state index >= 15 is 0 Å². The second-order valence-electron chi connectivity index (χ2n) is 4.54. The summed E-state index contributed by atoms with van der Waals surface area (Å²) in [5, 5.41) is 3.33. The van der Waals surface area contributed by atoms with Crippen molar-refractivity contribution in [3.05, 3.63) is 29.8 Å². The Morgan fingerprint density at radius 2 is 2.12 bits per heavy atom. The lowest BCUT2D eigenvalue weighted by atomic mass is 9.88. The van der Waals surface area contributed by atoms with E-state index in [9.17, 15) is 4.39 Å². The Morgan fingerprint density at radius 3 is 2.88 bits per heavy atom. The molecule has 2 atom stereocenters. The van der Waals surface area contributed by atoms with Crippen LogP contribution in [0.2, 0.25) is 0 Å². The number of halogens is 1. The summed E-state index contributed by atoms with van der Waals surface area (Å²) in [5.74, 6) is 0.144. The summed E-state index contributed by atoms with van der Waals surface area (Å²) in [6.45, 7) is 0. The van der Waals surface area contributed by atoms with Crippen molar-refractivity contribution in [3.63, 3.8) is 0 Å². The summed E-state index contributed by atoms with van der Waals surface area (Å²) in [6, 6.07) is 2.23. The van der Waals surface area contributed by atoms with Crippen LogP contribution in [0.3, 0.4) is 0 Å². The number of nitrogens with one attached hydrogen (secondary N) is 1. The van der Waals surface area contributed by atoms with E-state index in [4.69, 9.17) is 0 Å². The fraction of sp³-hybridized carbons (Fsp3) is 0.615. The number of hydrogen-bond donors (Lipinski definition) is 1. The average molecular weight is 222 g/mol. The molecule has 1 fully saturated rings. The number of rotatable bonds is 2. The monoisotopic (exact) mass is 222 g/mol. The molecule has 0 amide bonds. The molecule has 1 aromatic heterocycles. The van der Waals surface area contributed by atoms with Crippen LogP contribution in [0.5, 0.6) is 0 Å². The fourth-order valence-corrected chi connectivity index (χ4v) is 2.71. The van der Waals surface area contributed by atoms with Gasteiger partial charge in [-0.1, -0.05) is 19.3 Å². The van der Waals surface area contributed by atoms with Crippen molar-refractivity contribution in [1.29, 1.82) is 0 Å². The molecule has 2 rings (SSSR count). The van der Waals surface area contributed by atoms with E-state index in [1.807, 2.05) is 13.1 Å². The summed E-state index contributed by atoms with van der Waals surface area (Å²) in [6.07, 6.45) is 8.94. The Labute approximate surface area is 96.3 Å². The van der Waals surface area contributed by atoms with E-state index in [1.54, 1.807) is 6.20 Å². The number of nitrogens with zero attached hydrogens (tertiary/aromatic N) is 1. The van der Waals surface area contributed by atoms with Gasteiger partial charge in [0.25, 0.3) is 0 Å². The minimum absolute atomic E-state index is 0.158. The molecular formula is C13H19FN2. The largest absolute Gasteiger partial charge is 0.316 e. The van der Waals surface area contributed by atoms with Crippen molar-refractivity contribution in [2.75, 3.05) is 7.05 Å². The van der Waals surface area contributed by atoms with Gasteiger partial charge in [0.1, 0.15) is 5.82 Å². The first-order valence-corrected chi connectivity index (χ1v) is 6.09. The van der Waals surface area contributed by atoms with Gasteiger partial charge in [0.05, 0.1) is 6.20 Å². The third kappa shape index (κ3) is 2.40. The molecule has 1 saturated carbocycles. The zero-order valence-electron chi connectivity index (χ0n) is 9.75. The number of aromatic nitrogens is 1. The summed E-state index contributed by atoms with van der Waals surface area (Å²) >= 11 is 0. The van der Waals surface area contributed by atoms with Gasteiger partial charge < -0.3 is 5.32 Å². The van der Waals surface area contributed by atoms with E-state index < -0.39 is 0 Å².